The molecule has 1 unspecified atom stereocenters. The molecule has 7 heteroatoms. The van der Waals surface area contributed by atoms with Crippen LogP contribution < -0.4 is 0 Å². The lowest BCUT2D eigenvalue weighted by Crippen LogP contribution is -2.44. The van der Waals surface area contributed by atoms with Crippen molar-refractivity contribution in [1.82, 2.24) is 4.31 Å². The highest BCUT2D eigenvalue weighted by molar-refractivity contribution is 7.90. The van der Waals surface area contributed by atoms with E-state index in [4.69, 9.17) is 4.74 Å². The minimum Gasteiger partial charge on any atom is -0.468 e. The lowest BCUT2D eigenvalue weighted by Gasteiger charge is -2.29. The largest absolute Gasteiger partial charge is 0.468 e. The quantitative estimate of drug-likeness (QED) is 0.760. The molecular formula is C13H17NO5S. The molecule has 20 heavy (non-hydrogen) atoms. The van der Waals surface area contributed by atoms with Crippen molar-refractivity contribution in [2.75, 3.05) is 33.4 Å². The molecule has 1 heterocycles. The van der Waals surface area contributed by atoms with Gasteiger partial charge in [-0.15, -0.1) is 0 Å². The molecular weight excluding hydrogens is 282 g/mol. The fourth-order valence-corrected chi connectivity index (χ4v) is 3.91. The summed E-state index contributed by atoms with van der Waals surface area (Å²) in [7, 11) is -2.62. The third kappa shape index (κ3) is 3.00. The van der Waals surface area contributed by atoms with Crippen LogP contribution in [0.25, 0.3) is 0 Å². The summed E-state index contributed by atoms with van der Waals surface area (Å²) < 4.78 is 36.4. The maximum atomic E-state index is 12.7. The molecule has 1 fully saturated rings. The van der Waals surface area contributed by atoms with Crippen LogP contribution in [0.5, 0.6) is 0 Å². The molecule has 0 radical (unpaired) electrons. The van der Waals surface area contributed by atoms with Crippen LogP contribution in [0.3, 0.4) is 0 Å². The van der Waals surface area contributed by atoms with Gasteiger partial charge in [-0.05, 0) is 5.56 Å². The number of benzene rings is 1. The second-order valence-electron chi connectivity index (χ2n) is 4.37. The van der Waals surface area contributed by atoms with Crippen LogP contribution in [-0.4, -0.2) is 52.1 Å². The lowest BCUT2D eigenvalue weighted by molar-refractivity contribution is -0.140. The van der Waals surface area contributed by atoms with Gasteiger partial charge in [0.05, 0.1) is 20.3 Å². The van der Waals surface area contributed by atoms with E-state index in [2.05, 4.69) is 4.74 Å². The minimum absolute atomic E-state index is 0.253. The van der Waals surface area contributed by atoms with E-state index in [0.717, 1.165) is 0 Å². The molecule has 1 aliphatic heterocycles. The molecule has 2 rings (SSSR count). The zero-order valence-electron chi connectivity index (χ0n) is 11.2. The van der Waals surface area contributed by atoms with Crippen LogP contribution in [-0.2, 0) is 24.3 Å². The summed E-state index contributed by atoms with van der Waals surface area (Å²) in [6.07, 6.45) is 0. The van der Waals surface area contributed by atoms with Crippen molar-refractivity contribution in [2.24, 2.45) is 0 Å². The number of hydrogen-bond acceptors (Lipinski definition) is 5. The molecule has 1 aromatic carbocycles. The number of nitrogens with zero attached hydrogens (tertiary/aromatic N) is 1. The van der Waals surface area contributed by atoms with E-state index in [-0.39, 0.29) is 13.1 Å². The number of ether oxygens (including phenoxy) is 2. The molecule has 0 aliphatic carbocycles. The smallest absolute Gasteiger partial charge is 0.330 e. The average molecular weight is 299 g/mol. The van der Waals surface area contributed by atoms with Crippen molar-refractivity contribution < 1.29 is 22.7 Å². The first-order chi connectivity index (χ1) is 9.57. The summed E-state index contributed by atoms with van der Waals surface area (Å²) in [5.41, 5.74) is 0.408. The Balaban J connectivity index is 2.38. The van der Waals surface area contributed by atoms with Gasteiger partial charge >= 0.3 is 5.97 Å². The van der Waals surface area contributed by atoms with Crippen molar-refractivity contribution in [3.8, 4) is 0 Å². The second-order valence-corrected chi connectivity index (χ2v) is 6.39. The molecule has 0 N–H and O–H groups in total. The topological polar surface area (TPSA) is 72.9 Å². The number of esters is 1. The average Bonchev–Trinajstić information content (AvgIpc) is 2.49. The Morgan fingerprint density at radius 1 is 1.25 bits per heavy atom. The van der Waals surface area contributed by atoms with Gasteiger partial charge in [-0.1, -0.05) is 30.3 Å². The van der Waals surface area contributed by atoms with E-state index in [1.807, 2.05) is 0 Å². The standard InChI is InChI=1S/C13H17NO5S/c1-18-13(15)12(11-5-3-2-4-6-11)20(16,17)14-7-9-19-10-8-14/h2-6,12H,7-10H2,1H3. The molecule has 0 amide bonds. The van der Waals surface area contributed by atoms with Gasteiger partial charge in [-0.2, -0.15) is 4.31 Å². The van der Waals surface area contributed by atoms with Gasteiger partial charge in [-0.3, -0.25) is 4.79 Å². The summed E-state index contributed by atoms with van der Waals surface area (Å²) in [4.78, 5) is 11.9. The molecule has 1 aliphatic rings. The first-order valence-corrected chi connectivity index (χ1v) is 7.77. The van der Waals surface area contributed by atoms with E-state index in [0.29, 0.717) is 18.8 Å². The number of rotatable bonds is 4. The highest BCUT2D eigenvalue weighted by Gasteiger charge is 2.40. The zero-order valence-corrected chi connectivity index (χ0v) is 12.0. The number of carbonyl (C=O) groups is 1. The van der Waals surface area contributed by atoms with Gasteiger partial charge in [0.25, 0.3) is 0 Å². The van der Waals surface area contributed by atoms with E-state index < -0.39 is 21.2 Å². The molecule has 6 nitrogen and oxygen atoms in total. The zero-order chi connectivity index (χ0) is 14.6. The van der Waals surface area contributed by atoms with Gasteiger partial charge in [0.1, 0.15) is 0 Å². The Morgan fingerprint density at radius 3 is 2.40 bits per heavy atom. The van der Waals surface area contributed by atoms with Crippen molar-refractivity contribution in [3.63, 3.8) is 0 Å². The summed E-state index contributed by atoms with van der Waals surface area (Å²) in [6, 6.07) is 8.37. The highest BCUT2D eigenvalue weighted by atomic mass is 32.2. The Kier molecular flexibility index (Phi) is 4.74. The van der Waals surface area contributed by atoms with Crippen LogP contribution in [0, 0.1) is 0 Å². The third-order valence-electron chi connectivity index (χ3n) is 3.15. The Labute approximate surface area is 118 Å². The lowest BCUT2D eigenvalue weighted by atomic mass is 10.1. The van der Waals surface area contributed by atoms with E-state index in [1.54, 1.807) is 30.3 Å². The first-order valence-electron chi connectivity index (χ1n) is 6.27. The monoisotopic (exact) mass is 299 g/mol. The fraction of sp³-hybridized carbons (Fsp3) is 0.462. The van der Waals surface area contributed by atoms with Crippen LogP contribution in [0.4, 0.5) is 0 Å². The summed E-state index contributed by atoms with van der Waals surface area (Å²) >= 11 is 0. The predicted octanol–water partition coefficient (Wildman–Crippen LogP) is 0.563. The van der Waals surface area contributed by atoms with Crippen LogP contribution in [0.2, 0.25) is 0 Å². The SMILES string of the molecule is COC(=O)C(c1ccccc1)S(=O)(=O)N1CCOCC1. The molecule has 0 spiro atoms. The summed E-state index contributed by atoms with van der Waals surface area (Å²) in [5.74, 6) is -0.775. The maximum absolute atomic E-state index is 12.7. The Morgan fingerprint density at radius 2 is 1.85 bits per heavy atom. The van der Waals surface area contributed by atoms with Gasteiger partial charge < -0.3 is 9.47 Å². The Bertz CT molecular complexity index is 551. The minimum atomic E-state index is -3.81. The van der Waals surface area contributed by atoms with Gasteiger partial charge in [0, 0.05) is 13.1 Å². The number of sulfonamides is 1. The Hall–Kier alpha value is -1.44. The van der Waals surface area contributed by atoms with Gasteiger partial charge in [0.2, 0.25) is 10.0 Å². The van der Waals surface area contributed by atoms with E-state index in [9.17, 15) is 13.2 Å². The summed E-state index contributed by atoms with van der Waals surface area (Å²) in [5, 5.41) is -1.33. The number of morpholine rings is 1. The normalized spacial score (nSPS) is 18.4. The maximum Gasteiger partial charge on any atom is 0.330 e. The third-order valence-corrected chi connectivity index (χ3v) is 5.29. The molecule has 110 valence electrons. The molecule has 1 aromatic rings. The van der Waals surface area contributed by atoms with Crippen molar-refractivity contribution in [3.05, 3.63) is 35.9 Å². The van der Waals surface area contributed by atoms with Crippen molar-refractivity contribution >= 4 is 16.0 Å². The summed E-state index contributed by atoms with van der Waals surface area (Å²) in [6.45, 7) is 1.18. The van der Waals surface area contributed by atoms with Gasteiger partial charge in [-0.25, -0.2) is 8.42 Å². The molecule has 0 saturated carbocycles. The van der Waals surface area contributed by atoms with Crippen LogP contribution in [0.15, 0.2) is 30.3 Å². The highest BCUT2D eigenvalue weighted by Crippen LogP contribution is 2.27. The van der Waals surface area contributed by atoms with Crippen molar-refractivity contribution in [1.29, 1.82) is 0 Å². The van der Waals surface area contributed by atoms with Crippen molar-refractivity contribution in [2.45, 2.75) is 5.25 Å². The fourth-order valence-electron chi connectivity index (χ4n) is 2.11. The molecule has 1 atom stereocenters. The number of hydrogen-bond donors (Lipinski definition) is 0. The molecule has 0 bridgehead atoms. The second kappa shape index (κ2) is 6.34. The van der Waals surface area contributed by atoms with Crippen LogP contribution in [0.1, 0.15) is 10.8 Å². The van der Waals surface area contributed by atoms with E-state index >= 15 is 0 Å². The van der Waals surface area contributed by atoms with E-state index in [1.165, 1.54) is 11.4 Å². The van der Waals surface area contributed by atoms with Gasteiger partial charge in [0.15, 0.2) is 5.25 Å². The molecule has 1 saturated heterocycles. The predicted molar refractivity (Wildman–Crippen MR) is 72.5 cm³/mol. The first kappa shape index (κ1) is 15.0. The van der Waals surface area contributed by atoms with Crippen LogP contribution >= 0.6 is 0 Å². The number of carbonyl (C=O) groups excluding carboxylic acids is 1. The number of methoxy groups -OCH3 is 1. The molecule has 0 aromatic heterocycles.